The van der Waals surface area contributed by atoms with Crippen LogP contribution in [-0.2, 0) is 24.9 Å². The molecule has 0 bridgehead atoms. The second-order valence-corrected chi connectivity index (χ2v) is 8.12. The number of piperidine rings is 1. The average Bonchev–Trinajstić information content (AvgIpc) is 3.06. The largest absolute Gasteiger partial charge is 0.481 e. The number of allylic oxidation sites excluding steroid dienone is 2. The Morgan fingerprint density at radius 2 is 2.03 bits per heavy atom. The maximum atomic E-state index is 13.0. The van der Waals surface area contributed by atoms with Crippen LogP contribution in [-0.4, -0.2) is 48.9 Å². The van der Waals surface area contributed by atoms with Gasteiger partial charge in [0.15, 0.2) is 11.2 Å². The number of nitrogens with two attached hydrogens (primary N) is 1. The van der Waals surface area contributed by atoms with Crippen LogP contribution in [0.5, 0.6) is 0 Å². The SMILES string of the molecule is CC(C)=CCn1c(N2CCCC(N)C2)nc2c1c(=O)n(C)c(=O)n2CCCC(=O)O. The smallest absolute Gasteiger partial charge is 0.332 e. The molecule has 3 N–H and O–H groups in total. The Balaban J connectivity index is 2.22. The van der Waals surface area contributed by atoms with Gasteiger partial charge in [0, 0.05) is 45.7 Å². The molecular formula is C20H30N6O4. The topological polar surface area (TPSA) is 128 Å². The number of imidazole rings is 1. The van der Waals surface area contributed by atoms with E-state index in [2.05, 4.69) is 4.90 Å². The molecule has 1 saturated heterocycles. The summed E-state index contributed by atoms with van der Waals surface area (Å²) in [5.74, 6) is -0.312. The lowest BCUT2D eigenvalue weighted by molar-refractivity contribution is -0.137. The van der Waals surface area contributed by atoms with E-state index in [0.717, 1.165) is 29.5 Å². The van der Waals surface area contributed by atoms with Gasteiger partial charge in [0.1, 0.15) is 0 Å². The minimum Gasteiger partial charge on any atom is -0.481 e. The number of aryl methyl sites for hydroxylation is 1. The maximum Gasteiger partial charge on any atom is 0.332 e. The normalized spacial score (nSPS) is 16.8. The van der Waals surface area contributed by atoms with Crippen molar-refractivity contribution in [1.29, 1.82) is 0 Å². The first-order valence-corrected chi connectivity index (χ1v) is 10.3. The van der Waals surface area contributed by atoms with Gasteiger partial charge in [-0.05, 0) is 33.1 Å². The van der Waals surface area contributed by atoms with Crippen molar-refractivity contribution in [2.24, 2.45) is 12.8 Å². The molecule has 1 aliphatic heterocycles. The third-order valence-electron chi connectivity index (χ3n) is 5.40. The summed E-state index contributed by atoms with van der Waals surface area (Å²) in [6.07, 6.45) is 4.08. The van der Waals surface area contributed by atoms with E-state index in [4.69, 9.17) is 15.8 Å². The highest BCUT2D eigenvalue weighted by molar-refractivity contribution is 5.75. The molecule has 2 aromatic heterocycles. The molecule has 3 rings (SSSR count). The van der Waals surface area contributed by atoms with Gasteiger partial charge < -0.3 is 20.3 Å². The van der Waals surface area contributed by atoms with Crippen LogP contribution in [0.4, 0.5) is 5.95 Å². The number of hydrogen-bond acceptors (Lipinski definition) is 6. The van der Waals surface area contributed by atoms with E-state index in [1.807, 2.05) is 24.5 Å². The van der Waals surface area contributed by atoms with Crippen molar-refractivity contribution in [1.82, 2.24) is 18.7 Å². The first kappa shape index (κ1) is 21.8. The highest BCUT2D eigenvalue weighted by atomic mass is 16.4. The van der Waals surface area contributed by atoms with E-state index in [1.165, 1.54) is 11.6 Å². The van der Waals surface area contributed by atoms with Crippen LogP contribution in [0.2, 0.25) is 0 Å². The van der Waals surface area contributed by atoms with Crippen molar-refractivity contribution in [2.45, 2.75) is 58.7 Å². The van der Waals surface area contributed by atoms with Crippen LogP contribution in [0, 0.1) is 0 Å². The fraction of sp³-hybridized carbons (Fsp3) is 0.600. The zero-order valence-electron chi connectivity index (χ0n) is 17.8. The Hall–Kier alpha value is -2.88. The lowest BCUT2D eigenvalue weighted by Crippen LogP contribution is -2.44. The van der Waals surface area contributed by atoms with Crippen molar-refractivity contribution in [3.05, 3.63) is 32.5 Å². The van der Waals surface area contributed by atoms with Crippen molar-refractivity contribution < 1.29 is 9.90 Å². The van der Waals surface area contributed by atoms with E-state index in [9.17, 15) is 14.4 Å². The minimum absolute atomic E-state index is 0.0241. The first-order valence-electron chi connectivity index (χ1n) is 10.3. The molecule has 0 aliphatic carbocycles. The zero-order valence-corrected chi connectivity index (χ0v) is 17.8. The number of aromatic nitrogens is 4. The number of hydrogen-bond donors (Lipinski definition) is 2. The summed E-state index contributed by atoms with van der Waals surface area (Å²) in [6, 6.07) is 0.0241. The Labute approximate surface area is 174 Å². The molecule has 3 heterocycles. The fourth-order valence-corrected chi connectivity index (χ4v) is 3.82. The average molecular weight is 418 g/mol. The second kappa shape index (κ2) is 8.86. The number of nitrogens with zero attached hydrogens (tertiary/aromatic N) is 5. The molecular weight excluding hydrogens is 388 g/mol. The molecule has 0 spiro atoms. The molecule has 2 aromatic rings. The van der Waals surface area contributed by atoms with Gasteiger partial charge in [-0.15, -0.1) is 0 Å². The summed E-state index contributed by atoms with van der Waals surface area (Å²) < 4.78 is 4.32. The summed E-state index contributed by atoms with van der Waals surface area (Å²) in [5.41, 5.74) is 7.00. The van der Waals surface area contributed by atoms with Crippen molar-refractivity contribution in [3.63, 3.8) is 0 Å². The number of carboxylic acid groups (broad SMARTS) is 1. The fourth-order valence-electron chi connectivity index (χ4n) is 3.82. The van der Waals surface area contributed by atoms with Crippen molar-refractivity contribution in [2.75, 3.05) is 18.0 Å². The van der Waals surface area contributed by atoms with Gasteiger partial charge in [-0.1, -0.05) is 11.6 Å². The highest BCUT2D eigenvalue weighted by Gasteiger charge is 2.26. The molecule has 0 radical (unpaired) electrons. The minimum atomic E-state index is -0.929. The molecule has 0 aromatic carbocycles. The Kier molecular flexibility index (Phi) is 6.45. The molecule has 0 amide bonds. The predicted octanol–water partition coefficient (Wildman–Crippen LogP) is 0.655. The molecule has 1 aliphatic rings. The molecule has 30 heavy (non-hydrogen) atoms. The van der Waals surface area contributed by atoms with Gasteiger partial charge >= 0.3 is 11.7 Å². The van der Waals surface area contributed by atoms with Gasteiger partial charge in [0.25, 0.3) is 5.56 Å². The number of fused-ring (bicyclic) bond motifs is 1. The maximum absolute atomic E-state index is 13.0. The third kappa shape index (κ3) is 4.33. The van der Waals surface area contributed by atoms with Crippen LogP contribution in [0.25, 0.3) is 11.2 Å². The molecule has 10 nitrogen and oxygen atoms in total. The van der Waals surface area contributed by atoms with E-state index in [0.29, 0.717) is 30.2 Å². The van der Waals surface area contributed by atoms with Gasteiger partial charge in [0.2, 0.25) is 5.95 Å². The van der Waals surface area contributed by atoms with Gasteiger partial charge in [-0.3, -0.25) is 18.7 Å². The Bertz CT molecular complexity index is 1090. The molecule has 1 fully saturated rings. The molecule has 1 atom stereocenters. The third-order valence-corrected chi connectivity index (χ3v) is 5.40. The summed E-state index contributed by atoms with van der Waals surface area (Å²) in [7, 11) is 1.44. The monoisotopic (exact) mass is 418 g/mol. The van der Waals surface area contributed by atoms with Gasteiger partial charge in [0.05, 0.1) is 0 Å². The van der Waals surface area contributed by atoms with E-state index in [1.54, 1.807) is 0 Å². The molecule has 164 valence electrons. The van der Waals surface area contributed by atoms with Crippen LogP contribution in [0.3, 0.4) is 0 Å². The molecule has 1 unspecified atom stereocenters. The van der Waals surface area contributed by atoms with Gasteiger partial charge in [-0.2, -0.15) is 4.98 Å². The number of carbonyl (C=O) groups is 1. The Morgan fingerprint density at radius 1 is 1.30 bits per heavy atom. The highest BCUT2D eigenvalue weighted by Crippen LogP contribution is 2.23. The molecule has 0 saturated carbocycles. The quantitative estimate of drug-likeness (QED) is 0.632. The summed E-state index contributed by atoms with van der Waals surface area (Å²) in [4.78, 5) is 43.5. The zero-order chi connectivity index (χ0) is 22.0. The predicted molar refractivity (Wildman–Crippen MR) is 115 cm³/mol. The van der Waals surface area contributed by atoms with Gasteiger partial charge in [-0.25, -0.2) is 4.79 Å². The number of rotatable bonds is 7. The lowest BCUT2D eigenvalue weighted by Gasteiger charge is -2.31. The van der Waals surface area contributed by atoms with E-state index in [-0.39, 0.29) is 25.4 Å². The summed E-state index contributed by atoms with van der Waals surface area (Å²) >= 11 is 0. The van der Waals surface area contributed by atoms with Crippen LogP contribution in [0.15, 0.2) is 21.2 Å². The number of anilines is 1. The number of aliphatic carboxylic acids is 1. The van der Waals surface area contributed by atoms with Crippen molar-refractivity contribution >= 4 is 23.1 Å². The van der Waals surface area contributed by atoms with Crippen molar-refractivity contribution in [3.8, 4) is 0 Å². The lowest BCUT2D eigenvalue weighted by atomic mass is 10.1. The van der Waals surface area contributed by atoms with E-state index < -0.39 is 17.2 Å². The second-order valence-electron chi connectivity index (χ2n) is 8.12. The number of carboxylic acids is 1. The standard InChI is InChI=1S/C20H30N6O4/c1-13(2)8-11-25-16-17(22-19(25)24-9-4-6-14(21)12-24)26(10-5-7-15(27)28)20(30)23(3)18(16)29/h8,14H,4-7,9-12,21H2,1-3H3,(H,27,28). The van der Waals surface area contributed by atoms with Crippen LogP contribution in [0.1, 0.15) is 39.5 Å². The summed E-state index contributed by atoms with van der Waals surface area (Å²) in [5, 5.41) is 8.95. The van der Waals surface area contributed by atoms with E-state index >= 15 is 0 Å². The van der Waals surface area contributed by atoms with Crippen LogP contribution >= 0.6 is 0 Å². The van der Waals surface area contributed by atoms with Crippen LogP contribution < -0.4 is 21.9 Å². The summed E-state index contributed by atoms with van der Waals surface area (Å²) in [6.45, 7) is 5.99. The molecule has 10 heteroatoms. The first-order chi connectivity index (χ1) is 14.2. The Morgan fingerprint density at radius 3 is 2.67 bits per heavy atom.